The third kappa shape index (κ3) is 6.98. The van der Waals surface area contributed by atoms with E-state index in [9.17, 15) is 0 Å². The molecule has 0 aromatic heterocycles. The fourth-order valence-electron chi connectivity index (χ4n) is 0.369. The average molecular weight is 228 g/mol. The van der Waals surface area contributed by atoms with Crippen molar-refractivity contribution in [2.75, 3.05) is 13.2 Å². The van der Waals surface area contributed by atoms with Crippen LogP contribution in [0.3, 0.4) is 0 Å². The van der Waals surface area contributed by atoms with E-state index < -0.39 is 7.07 Å². The number of hydrogen-bond donors (Lipinski definition) is 0. The molecule has 0 bridgehead atoms. The zero-order valence-electron chi connectivity index (χ0n) is 6.50. The van der Waals surface area contributed by atoms with Gasteiger partial charge in [-0.2, -0.15) is 0 Å². The number of hydrogen-bond acceptors (Lipinski definition) is 2. The molecule has 0 rings (SSSR count). The van der Waals surface area contributed by atoms with Crippen LogP contribution in [-0.4, -0.2) is 28.8 Å². The van der Waals surface area contributed by atoms with E-state index in [-0.39, 0.29) is 0 Å². The summed E-state index contributed by atoms with van der Waals surface area (Å²) >= 11 is 2.87. The van der Waals surface area contributed by atoms with Crippen molar-refractivity contribution in [2.24, 2.45) is 0 Å². The molecule has 0 amide bonds. The van der Waals surface area contributed by atoms with Crippen LogP contribution in [0.1, 0.15) is 26.7 Å². The standard InChI is InChI=1S/C6H14O2PSe/c1-3-5-7-9(10)8-6-4-2/h3-6H2,1-2H3. The fourth-order valence-corrected chi connectivity index (χ4v) is 2.05. The van der Waals surface area contributed by atoms with Gasteiger partial charge in [-0.25, -0.2) is 0 Å². The molecule has 0 unspecified atom stereocenters. The predicted octanol–water partition coefficient (Wildman–Crippen LogP) is 2.24. The van der Waals surface area contributed by atoms with Crippen LogP contribution in [0, 0.1) is 0 Å². The Balaban J connectivity index is 3.00. The molecule has 0 spiro atoms. The van der Waals surface area contributed by atoms with Crippen LogP contribution in [-0.2, 0) is 9.05 Å². The zero-order chi connectivity index (χ0) is 7.82. The molecule has 0 saturated heterocycles. The van der Waals surface area contributed by atoms with Crippen molar-refractivity contribution in [3.63, 3.8) is 0 Å². The summed E-state index contributed by atoms with van der Waals surface area (Å²) in [6.45, 7) is 5.76. The second kappa shape index (κ2) is 7.97. The Morgan fingerprint density at radius 1 is 1.10 bits per heavy atom. The van der Waals surface area contributed by atoms with Gasteiger partial charge in [0.1, 0.15) is 0 Å². The van der Waals surface area contributed by atoms with Crippen LogP contribution in [0.5, 0.6) is 0 Å². The summed E-state index contributed by atoms with van der Waals surface area (Å²) < 4.78 is 10.6. The van der Waals surface area contributed by atoms with Crippen LogP contribution in [0.4, 0.5) is 0 Å². The fraction of sp³-hybridized carbons (Fsp3) is 1.00. The molecule has 0 atom stereocenters. The Morgan fingerprint density at radius 2 is 1.50 bits per heavy atom. The third-order valence-electron chi connectivity index (χ3n) is 0.802. The summed E-state index contributed by atoms with van der Waals surface area (Å²) in [5.41, 5.74) is 0. The molecule has 0 aromatic rings. The SMILES string of the molecule is CCCOP([Se])OCCC. The Bertz CT molecular complexity index is 64.8. The van der Waals surface area contributed by atoms with Crippen molar-refractivity contribution >= 4 is 22.6 Å². The van der Waals surface area contributed by atoms with Gasteiger partial charge in [-0.3, -0.25) is 0 Å². The quantitative estimate of drug-likeness (QED) is 0.512. The summed E-state index contributed by atoms with van der Waals surface area (Å²) in [6, 6.07) is 0. The van der Waals surface area contributed by atoms with Crippen molar-refractivity contribution in [3.05, 3.63) is 0 Å². The van der Waals surface area contributed by atoms with E-state index in [0.717, 1.165) is 26.1 Å². The molecule has 2 nitrogen and oxygen atoms in total. The maximum atomic E-state index is 5.28. The molecule has 0 aliphatic rings. The second-order valence-corrected chi connectivity index (χ2v) is 4.73. The molecule has 0 N–H and O–H groups in total. The van der Waals surface area contributed by atoms with Gasteiger partial charge in [0, 0.05) is 0 Å². The van der Waals surface area contributed by atoms with Crippen molar-refractivity contribution in [2.45, 2.75) is 26.7 Å². The predicted molar refractivity (Wildman–Crippen MR) is 45.2 cm³/mol. The van der Waals surface area contributed by atoms with Gasteiger partial charge in [-0.15, -0.1) is 0 Å². The van der Waals surface area contributed by atoms with Crippen LogP contribution in [0.15, 0.2) is 0 Å². The summed E-state index contributed by atoms with van der Waals surface area (Å²) in [6.07, 6.45) is 2.10. The minimum absolute atomic E-state index is 0.717. The van der Waals surface area contributed by atoms with E-state index >= 15 is 0 Å². The monoisotopic (exact) mass is 229 g/mol. The molecule has 0 aromatic carbocycles. The van der Waals surface area contributed by atoms with Crippen molar-refractivity contribution in [3.8, 4) is 0 Å². The van der Waals surface area contributed by atoms with Gasteiger partial charge in [0.25, 0.3) is 0 Å². The summed E-state index contributed by atoms with van der Waals surface area (Å²) in [5, 5.41) is 0. The van der Waals surface area contributed by atoms with Crippen LogP contribution >= 0.6 is 7.07 Å². The first-order valence-electron chi connectivity index (χ1n) is 3.54. The Morgan fingerprint density at radius 3 is 1.80 bits per heavy atom. The van der Waals surface area contributed by atoms with Crippen molar-refractivity contribution < 1.29 is 9.05 Å². The molecule has 0 heterocycles. The van der Waals surface area contributed by atoms with E-state index in [1.165, 1.54) is 0 Å². The third-order valence-corrected chi connectivity index (χ3v) is 2.92. The molecule has 0 aliphatic heterocycles. The molecular formula is C6H14O2PSe. The average Bonchev–Trinajstić information content (AvgIpc) is 1.97. The molecule has 1 radical (unpaired) electrons. The molecule has 10 heavy (non-hydrogen) atoms. The molecule has 4 heteroatoms. The summed E-state index contributed by atoms with van der Waals surface area (Å²) in [4.78, 5) is 0. The zero-order valence-corrected chi connectivity index (χ0v) is 9.11. The van der Waals surface area contributed by atoms with Gasteiger partial charge in [0.15, 0.2) is 0 Å². The van der Waals surface area contributed by atoms with Gasteiger partial charge in [0.05, 0.1) is 0 Å². The van der Waals surface area contributed by atoms with Gasteiger partial charge in [0.2, 0.25) is 0 Å². The topological polar surface area (TPSA) is 18.5 Å². The van der Waals surface area contributed by atoms with Crippen LogP contribution < -0.4 is 0 Å². The Hall–Kier alpha value is 0.869. The van der Waals surface area contributed by atoms with Gasteiger partial charge in [-0.05, 0) is 0 Å². The first-order valence-corrected chi connectivity index (χ1v) is 6.93. The molecule has 0 aliphatic carbocycles. The van der Waals surface area contributed by atoms with Gasteiger partial charge in [-0.1, -0.05) is 0 Å². The minimum atomic E-state index is -0.717. The van der Waals surface area contributed by atoms with Gasteiger partial charge >= 0.3 is 71.6 Å². The maximum absolute atomic E-state index is 5.28. The second-order valence-electron chi connectivity index (χ2n) is 1.89. The van der Waals surface area contributed by atoms with E-state index in [2.05, 4.69) is 29.4 Å². The molecule has 0 saturated carbocycles. The van der Waals surface area contributed by atoms with Crippen LogP contribution in [0.2, 0.25) is 0 Å². The normalized spacial score (nSPS) is 10.8. The first kappa shape index (κ1) is 10.9. The van der Waals surface area contributed by atoms with Crippen molar-refractivity contribution in [1.29, 1.82) is 0 Å². The molecule has 0 fully saturated rings. The van der Waals surface area contributed by atoms with Gasteiger partial charge < -0.3 is 0 Å². The molecular weight excluding hydrogens is 214 g/mol. The van der Waals surface area contributed by atoms with E-state index in [0.29, 0.717) is 0 Å². The van der Waals surface area contributed by atoms with E-state index in [1.807, 2.05) is 0 Å². The Labute approximate surface area is 72.0 Å². The summed E-state index contributed by atoms with van der Waals surface area (Å²) in [7, 11) is -0.717. The number of rotatable bonds is 6. The van der Waals surface area contributed by atoms with Crippen molar-refractivity contribution in [1.82, 2.24) is 0 Å². The first-order chi connectivity index (χ1) is 4.81. The van der Waals surface area contributed by atoms with Crippen LogP contribution in [0.25, 0.3) is 0 Å². The van der Waals surface area contributed by atoms with E-state index in [4.69, 9.17) is 9.05 Å². The Kier molecular flexibility index (Phi) is 8.66. The van der Waals surface area contributed by atoms with E-state index in [1.54, 1.807) is 0 Å². The summed E-state index contributed by atoms with van der Waals surface area (Å²) in [5.74, 6) is 0. The molecule has 61 valence electrons.